The predicted octanol–water partition coefficient (Wildman–Crippen LogP) is 5.10. The lowest BCUT2D eigenvalue weighted by Gasteiger charge is -2.14. The molecule has 0 aliphatic rings. The molecule has 1 amide bonds. The van der Waals surface area contributed by atoms with E-state index in [2.05, 4.69) is 5.32 Å². The van der Waals surface area contributed by atoms with Crippen molar-refractivity contribution in [3.63, 3.8) is 0 Å². The third kappa shape index (κ3) is 5.70. The maximum Gasteiger partial charge on any atom is 0.307 e. The molecule has 0 saturated heterocycles. The van der Waals surface area contributed by atoms with Gasteiger partial charge in [0.25, 0.3) is 5.91 Å². The zero-order valence-corrected chi connectivity index (χ0v) is 17.7. The van der Waals surface area contributed by atoms with E-state index < -0.39 is 18.0 Å². The van der Waals surface area contributed by atoms with Crippen LogP contribution in [0.2, 0.25) is 0 Å². The molecule has 0 aliphatic heterocycles. The topological polar surface area (TPSA) is 72.5 Å². The summed E-state index contributed by atoms with van der Waals surface area (Å²) in [5.41, 5.74) is 1.19. The molecule has 3 aromatic rings. The van der Waals surface area contributed by atoms with Crippen LogP contribution in [0, 0.1) is 0 Å². The zero-order valence-electron chi connectivity index (χ0n) is 16.9. The molecule has 6 heteroatoms. The van der Waals surface area contributed by atoms with Crippen molar-refractivity contribution in [2.75, 3.05) is 11.6 Å². The minimum absolute atomic E-state index is 0.0382. The largest absolute Gasteiger partial charge is 0.453 e. The molecule has 1 N–H and O–H groups in total. The van der Waals surface area contributed by atoms with E-state index in [-0.39, 0.29) is 18.6 Å². The molecule has 0 aliphatic carbocycles. The van der Waals surface area contributed by atoms with Crippen molar-refractivity contribution in [2.45, 2.75) is 30.8 Å². The first kappa shape index (κ1) is 21.6. The van der Waals surface area contributed by atoms with Gasteiger partial charge < -0.3 is 10.1 Å². The fraction of sp³-hybridized carbons (Fsp3) is 0.208. The van der Waals surface area contributed by atoms with Gasteiger partial charge >= 0.3 is 5.97 Å². The second-order valence-electron chi connectivity index (χ2n) is 6.83. The Labute approximate surface area is 179 Å². The molecular formula is C24H23NO4S. The van der Waals surface area contributed by atoms with Crippen LogP contribution in [0.4, 0.5) is 5.69 Å². The molecule has 0 aromatic heterocycles. The van der Waals surface area contributed by atoms with Gasteiger partial charge in [-0.05, 0) is 48.2 Å². The first-order valence-corrected chi connectivity index (χ1v) is 10.8. The molecule has 0 saturated carbocycles. The third-order valence-electron chi connectivity index (χ3n) is 4.66. The van der Waals surface area contributed by atoms with Crippen molar-refractivity contribution >= 4 is 45.9 Å². The molecule has 0 fully saturated rings. The van der Waals surface area contributed by atoms with Crippen LogP contribution in [0.15, 0.2) is 71.6 Å². The monoisotopic (exact) mass is 421 g/mol. The predicted molar refractivity (Wildman–Crippen MR) is 120 cm³/mol. The number of hydrogen-bond acceptors (Lipinski definition) is 5. The second kappa shape index (κ2) is 10.1. The highest BCUT2D eigenvalue weighted by Gasteiger charge is 2.19. The van der Waals surface area contributed by atoms with Gasteiger partial charge in [0.05, 0.1) is 6.42 Å². The lowest BCUT2D eigenvalue weighted by molar-refractivity contribution is -0.153. The van der Waals surface area contributed by atoms with Gasteiger partial charge in [-0.25, -0.2) is 0 Å². The Morgan fingerprint density at radius 1 is 0.933 bits per heavy atom. The molecule has 3 rings (SSSR count). The van der Waals surface area contributed by atoms with Gasteiger partial charge in [0.15, 0.2) is 11.9 Å². The van der Waals surface area contributed by atoms with Crippen LogP contribution in [0.1, 0.15) is 30.1 Å². The number of carbonyl (C=O) groups excluding carboxylic acids is 3. The van der Waals surface area contributed by atoms with Crippen LogP contribution in [-0.2, 0) is 14.3 Å². The van der Waals surface area contributed by atoms with Crippen LogP contribution in [0.5, 0.6) is 0 Å². The number of carbonyl (C=O) groups is 3. The molecule has 1 atom stereocenters. The number of Topliss-reactive ketones (excluding diaryl/α,β-unsaturated/α-hetero) is 1. The van der Waals surface area contributed by atoms with Gasteiger partial charge in [-0.2, -0.15) is 0 Å². The van der Waals surface area contributed by atoms with Crippen molar-refractivity contribution in [3.05, 3.63) is 72.3 Å². The Balaban J connectivity index is 1.48. The standard InChI is InChI=1S/C24H23NO4S/c1-16(24(28)25-20-10-7-17-5-3-4-6-19(17)15-20)29-23(27)14-13-22(26)18-8-11-21(30-2)12-9-18/h3-12,15-16H,13-14H2,1-2H3,(H,25,28)/t16-/m0/s1. The molecule has 3 aromatic carbocycles. The van der Waals surface area contributed by atoms with Crippen molar-refractivity contribution in [2.24, 2.45) is 0 Å². The Morgan fingerprint density at radius 3 is 2.33 bits per heavy atom. The van der Waals surface area contributed by atoms with Crippen molar-refractivity contribution in [1.29, 1.82) is 0 Å². The fourth-order valence-electron chi connectivity index (χ4n) is 2.96. The summed E-state index contributed by atoms with van der Waals surface area (Å²) in [6.07, 6.45) is 0.969. The van der Waals surface area contributed by atoms with E-state index >= 15 is 0 Å². The van der Waals surface area contributed by atoms with Gasteiger partial charge in [0.2, 0.25) is 0 Å². The number of esters is 1. The number of ether oxygens (including phenoxy) is 1. The summed E-state index contributed by atoms with van der Waals surface area (Å²) in [5, 5.41) is 4.83. The first-order chi connectivity index (χ1) is 14.5. The van der Waals surface area contributed by atoms with Gasteiger partial charge in [-0.15, -0.1) is 11.8 Å². The smallest absolute Gasteiger partial charge is 0.307 e. The summed E-state index contributed by atoms with van der Waals surface area (Å²) in [7, 11) is 0. The number of thioether (sulfide) groups is 1. The van der Waals surface area contributed by atoms with Gasteiger partial charge in [-0.3, -0.25) is 14.4 Å². The van der Waals surface area contributed by atoms with Crippen LogP contribution < -0.4 is 5.32 Å². The number of rotatable bonds is 8. The lowest BCUT2D eigenvalue weighted by Crippen LogP contribution is -2.30. The van der Waals surface area contributed by atoms with Crippen LogP contribution in [0.3, 0.4) is 0 Å². The Morgan fingerprint density at radius 2 is 1.63 bits per heavy atom. The van der Waals surface area contributed by atoms with E-state index in [1.807, 2.05) is 54.8 Å². The second-order valence-corrected chi connectivity index (χ2v) is 7.71. The molecule has 0 unspecified atom stereocenters. The fourth-order valence-corrected chi connectivity index (χ4v) is 3.37. The zero-order chi connectivity index (χ0) is 21.5. The van der Waals surface area contributed by atoms with Crippen molar-refractivity contribution in [1.82, 2.24) is 0 Å². The number of hydrogen-bond donors (Lipinski definition) is 1. The van der Waals surface area contributed by atoms with Gasteiger partial charge in [-0.1, -0.05) is 42.5 Å². The Kier molecular flexibility index (Phi) is 7.25. The highest BCUT2D eigenvalue weighted by atomic mass is 32.2. The molecule has 0 radical (unpaired) electrons. The molecular weight excluding hydrogens is 398 g/mol. The summed E-state index contributed by atoms with van der Waals surface area (Å²) >= 11 is 1.59. The number of ketones is 1. The SMILES string of the molecule is CSc1ccc(C(=O)CCC(=O)O[C@@H](C)C(=O)Nc2ccc3ccccc3c2)cc1. The van der Waals surface area contributed by atoms with E-state index in [0.717, 1.165) is 15.7 Å². The minimum Gasteiger partial charge on any atom is -0.453 e. The van der Waals surface area contributed by atoms with E-state index in [9.17, 15) is 14.4 Å². The quantitative estimate of drug-likeness (QED) is 0.311. The molecule has 0 bridgehead atoms. The number of anilines is 1. The maximum absolute atomic E-state index is 12.3. The third-order valence-corrected chi connectivity index (χ3v) is 5.41. The van der Waals surface area contributed by atoms with Crippen molar-refractivity contribution < 1.29 is 19.1 Å². The number of nitrogens with one attached hydrogen (secondary N) is 1. The Hall–Kier alpha value is -3.12. The normalized spacial score (nSPS) is 11.7. The summed E-state index contributed by atoms with van der Waals surface area (Å²) in [5.74, 6) is -1.13. The summed E-state index contributed by atoms with van der Waals surface area (Å²) < 4.78 is 5.19. The molecule has 5 nitrogen and oxygen atoms in total. The number of fused-ring (bicyclic) bond motifs is 1. The van der Waals surface area contributed by atoms with Gasteiger partial charge in [0, 0.05) is 22.6 Å². The minimum atomic E-state index is -0.958. The van der Waals surface area contributed by atoms with E-state index in [1.165, 1.54) is 6.92 Å². The molecule has 154 valence electrons. The number of benzene rings is 3. The highest BCUT2D eigenvalue weighted by molar-refractivity contribution is 7.98. The van der Waals surface area contributed by atoms with Gasteiger partial charge in [0.1, 0.15) is 0 Å². The number of amides is 1. The van der Waals surface area contributed by atoms with Crippen LogP contribution in [-0.4, -0.2) is 30.0 Å². The van der Waals surface area contributed by atoms with Crippen LogP contribution in [0.25, 0.3) is 10.8 Å². The molecule has 30 heavy (non-hydrogen) atoms. The summed E-state index contributed by atoms with van der Waals surface area (Å²) in [6.45, 7) is 1.51. The van der Waals surface area contributed by atoms with E-state index in [1.54, 1.807) is 30.0 Å². The average Bonchev–Trinajstić information content (AvgIpc) is 2.77. The van der Waals surface area contributed by atoms with E-state index in [4.69, 9.17) is 4.74 Å². The molecule has 0 spiro atoms. The van der Waals surface area contributed by atoms with Crippen LogP contribution >= 0.6 is 11.8 Å². The summed E-state index contributed by atoms with van der Waals surface area (Å²) in [4.78, 5) is 37.7. The molecule has 0 heterocycles. The first-order valence-electron chi connectivity index (χ1n) is 9.62. The van der Waals surface area contributed by atoms with Crippen molar-refractivity contribution in [3.8, 4) is 0 Å². The lowest BCUT2D eigenvalue weighted by atomic mass is 10.1. The average molecular weight is 422 g/mol. The Bertz CT molecular complexity index is 1060. The van der Waals surface area contributed by atoms with E-state index in [0.29, 0.717) is 11.3 Å². The maximum atomic E-state index is 12.3. The summed E-state index contributed by atoms with van der Waals surface area (Å²) in [6, 6.07) is 20.6. The highest BCUT2D eigenvalue weighted by Crippen LogP contribution is 2.19.